The van der Waals surface area contributed by atoms with Gasteiger partial charge in [0.2, 0.25) is 0 Å². The van der Waals surface area contributed by atoms with Crippen molar-refractivity contribution in [3.8, 4) is 0 Å². The van der Waals surface area contributed by atoms with Gasteiger partial charge in [0.1, 0.15) is 12.6 Å². The summed E-state index contributed by atoms with van der Waals surface area (Å²) in [6, 6.07) is 1.67. The van der Waals surface area contributed by atoms with Crippen molar-refractivity contribution in [2.24, 2.45) is 0 Å². The van der Waals surface area contributed by atoms with Crippen LogP contribution in [-0.4, -0.2) is 36.6 Å². The number of amides is 2. The fraction of sp³-hybridized carbons (Fsp3) is 0.333. The third-order valence-corrected chi connectivity index (χ3v) is 3.30. The molecule has 1 aromatic rings. The molecule has 0 bridgehead atoms. The smallest absolute Gasteiger partial charge is 0.416 e. The lowest BCUT2D eigenvalue weighted by atomic mass is 10.2. The molecular formula is C12H10ClF3N2O3. The van der Waals surface area contributed by atoms with Gasteiger partial charge in [-0.05, 0) is 18.2 Å². The maximum absolute atomic E-state index is 12.6. The van der Waals surface area contributed by atoms with Crippen LogP contribution in [-0.2, 0) is 15.7 Å². The summed E-state index contributed by atoms with van der Waals surface area (Å²) in [5.41, 5.74) is -1.11. The van der Waals surface area contributed by atoms with Crippen molar-refractivity contribution in [2.75, 3.05) is 19.0 Å². The van der Waals surface area contributed by atoms with Crippen LogP contribution in [0.4, 0.5) is 23.7 Å². The summed E-state index contributed by atoms with van der Waals surface area (Å²) in [5.74, 6) is -0.676. The van der Waals surface area contributed by atoms with Crippen LogP contribution in [0.2, 0.25) is 5.02 Å². The summed E-state index contributed by atoms with van der Waals surface area (Å²) < 4.78 is 42.5. The van der Waals surface area contributed by atoms with Crippen LogP contribution in [0.5, 0.6) is 0 Å². The van der Waals surface area contributed by atoms with Gasteiger partial charge in [-0.1, -0.05) is 11.6 Å². The van der Waals surface area contributed by atoms with Crippen molar-refractivity contribution >= 4 is 29.3 Å². The van der Waals surface area contributed by atoms with Gasteiger partial charge in [0.15, 0.2) is 0 Å². The first-order valence-electron chi connectivity index (χ1n) is 5.77. The van der Waals surface area contributed by atoms with E-state index in [0.29, 0.717) is 0 Å². The number of rotatable bonds is 2. The summed E-state index contributed by atoms with van der Waals surface area (Å²) in [6.07, 6.45) is -5.22. The van der Waals surface area contributed by atoms with Gasteiger partial charge in [0, 0.05) is 7.05 Å². The maximum atomic E-state index is 12.6. The molecule has 0 aliphatic carbocycles. The molecule has 21 heavy (non-hydrogen) atoms. The van der Waals surface area contributed by atoms with Crippen LogP contribution in [0.3, 0.4) is 0 Å². The van der Waals surface area contributed by atoms with E-state index in [0.717, 1.165) is 23.1 Å². The third kappa shape index (κ3) is 3.21. The highest BCUT2D eigenvalue weighted by Crippen LogP contribution is 2.34. The largest absolute Gasteiger partial charge is 0.447 e. The zero-order chi connectivity index (χ0) is 15.8. The highest BCUT2D eigenvalue weighted by Gasteiger charge is 2.36. The molecule has 1 atom stereocenters. The zero-order valence-corrected chi connectivity index (χ0v) is 11.5. The van der Waals surface area contributed by atoms with Gasteiger partial charge in [-0.25, -0.2) is 4.79 Å². The minimum Gasteiger partial charge on any atom is -0.447 e. The Morgan fingerprint density at radius 2 is 2.14 bits per heavy atom. The number of alkyl halides is 3. The van der Waals surface area contributed by atoms with Gasteiger partial charge in [0.05, 0.1) is 16.3 Å². The molecule has 2 amide bonds. The quantitative estimate of drug-likeness (QED) is 0.911. The SMILES string of the molecule is CN1C(=O)OCC1C(=O)Nc1cc(C(F)(F)F)ccc1Cl. The van der Waals surface area contributed by atoms with Gasteiger partial charge >= 0.3 is 12.3 Å². The fourth-order valence-electron chi connectivity index (χ4n) is 1.76. The molecule has 0 radical (unpaired) electrons. The molecular weight excluding hydrogens is 313 g/mol. The predicted octanol–water partition coefficient (Wildman–Crippen LogP) is 2.75. The molecule has 9 heteroatoms. The normalized spacial score (nSPS) is 18.6. The number of ether oxygens (including phenoxy) is 1. The van der Waals surface area contributed by atoms with Gasteiger partial charge < -0.3 is 10.1 Å². The predicted molar refractivity (Wildman–Crippen MR) is 68.0 cm³/mol. The fourth-order valence-corrected chi connectivity index (χ4v) is 1.92. The molecule has 0 spiro atoms. The molecule has 5 nitrogen and oxygen atoms in total. The Kier molecular flexibility index (Phi) is 3.99. The Morgan fingerprint density at radius 1 is 1.48 bits per heavy atom. The second-order valence-corrected chi connectivity index (χ2v) is 4.79. The van der Waals surface area contributed by atoms with Gasteiger partial charge in [-0.15, -0.1) is 0 Å². The Bertz CT molecular complexity index is 592. The molecule has 0 aromatic heterocycles. The molecule has 1 fully saturated rings. The number of anilines is 1. The number of cyclic esters (lactones) is 1. The number of hydrogen-bond acceptors (Lipinski definition) is 3. The van der Waals surface area contributed by atoms with Gasteiger partial charge in [0.25, 0.3) is 5.91 Å². The van der Waals surface area contributed by atoms with E-state index in [9.17, 15) is 22.8 Å². The molecule has 1 aliphatic rings. The summed E-state index contributed by atoms with van der Waals surface area (Å²) in [4.78, 5) is 24.2. The van der Waals surface area contributed by atoms with Crippen molar-refractivity contribution in [2.45, 2.75) is 12.2 Å². The monoisotopic (exact) mass is 322 g/mol. The van der Waals surface area contributed by atoms with E-state index in [4.69, 9.17) is 11.6 Å². The minimum absolute atomic E-state index is 0.0377. The van der Waals surface area contributed by atoms with Crippen molar-refractivity contribution in [1.82, 2.24) is 4.90 Å². The lowest BCUT2D eigenvalue weighted by Gasteiger charge is -2.17. The molecule has 1 saturated heterocycles. The Labute approximate surface area is 122 Å². The summed E-state index contributed by atoms with van der Waals surface area (Å²) >= 11 is 5.77. The number of nitrogens with zero attached hydrogens (tertiary/aromatic N) is 1. The average Bonchev–Trinajstić information content (AvgIpc) is 2.71. The molecule has 1 heterocycles. The number of nitrogens with one attached hydrogen (secondary N) is 1. The van der Waals surface area contributed by atoms with E-state index in [1.807, 2.05) is 0 Å². The number of carbonyl (C=O) groups is 2. The van der Waals surface area contributed by atoms with Crippen LogP contribution in [0.15, 0.2) is 18.2 Å². The van der Waals surface area contributed by atoms with Crippen molar-refractivity contribution in [1.29, 1.82) is 0 Å². The van der Waals surface area contributed by atoms with Crippen molar-refractivity contribution < 1.29 is 27.5 Å². The molecule has 1 aromatic carbocycles. The summed E-state index contributed by atoms with van der Waals surface area (Å²) in [5, 5.41) is 2.23. The Balaban J connectivity index is 2.19. The number of likely N-dealkylation sites (N-methyl/N-ethyl adjacent to an activating group) is 1. The van der Waals surface area contributed by atoms with E-state index in [1.54, 1.807) is 0 Å². The molecule has 1 aliphatic heterocycles. The van der Waals surface area contributed by atoms with Gasteiger partial charge in [-0.3, -0.25) is 9.69 Å². The molecule has 114 valence electrons. The van der Waals surface area contributed by atoms with Crippen LogP contribution in [0.1, 0.15) is 5.56 Å². The lowest BCUT2D eigenvalue weighted by molar-refractivity contribution is -0.137. The van der Waals surface area contributed by atoms with Crippen LogP contribution in [0.25, 0.3) is 0 Å². The van der Waals surface area contributed by atoms with E-state index in [-0.39, 0.29) is 17.3 Å². The van der Waals surface area contributed by atoms with Crippen LogP contribution >= 0.6 is 11.6 Å². The first kappa shape index (κ1) is 15.4. The van der Waals surface area contributed by atoms with Crippen molar-refractivity contribution in [3.05, 3.63) is 28.8 Å². The standard InChI is InChI=1S/C12H10ClF3N2O3/c1-18-9(5-21-11(18)20)10(19)17-8-4-6(12(14,15)16)2-3-7(8)13/h2-4,9H,5H2,1H3,(H,17,19). The minimum atomic E-state index is -4.55. The van der Waals surface area contributed by atoms with Crippen LogP contribution in [0, 0.1) is 0 Å². The molecule has 2 rings (SSSR count). The highest BCUT2D eigenvalue weighted by atomic mass is 35.5. The zero-order valence-electron chi connectivity index (χ0n) is 10.7. The average molecular weight is 323 g/mol. The van der Waals surface area contributed by atoms with E-state index < -0.39 is 29.8 Å². The first-order valence-corrected chi connectivity index (χ1v) is 6.15. The number of halogens is 4. The number of benzene rings is 1. The number of hydrogen-bond donors (Lipinski definition) is 1. The van der Waals surface area contributed by atoms with E-state index in [1.165, 1.54) is 7.05 Å². The maximum Gasteiger partial charge on any atom is 0.416 e. The third-order valence-electron chi connectivity index (χ3n) is 2.97. The van der Waals surface area contributed by atoms with E-state index in [2.05, 4.69) is 10.1 Å². The van der Waals surface area contributed by atoms with E-state index >= 15 is 0 Å². The summed E-state index contributed by atoms with van der Waals surface area (Å²) in [6.45, 7) is -0.169. The first-order chi connectivity index (χ1) is 9.70. The van der Waals surface area contributed by atoms with Crippen LogP contribution < -0.4 is 5.32 Å². The number of carbonyl (C=O) groups excluding carboxylic acids is 2. The highest BCUT2D eigenvalue weighted by molar-refractivity contribution is 6.33. The second kappa shape index (κ2) is 5.44. The van der Waals surface area contributed by atoms with Gasteiger partial charge in [-0.2, -0.15) is 13.2 Å². The molecule has 1 unspecified atom stereocenters. The topological polar surface area (TPSA) is 58.6 Å². The Hall–Kier alpha value is -1.96. The second-order valence-electron chi connectivity index (χ2n) is 4.39. The Morgan fingerprint density at radius 3 is 2.67 bits per heavy atom. The molecule has 0 saturated carbocycles. The molecule has 1 N–H and O–H groups in total. The lowest BCUT2D eigenvalue weighted by Crippen LogP contribution is -2.40. The summed E-state index contributed by atoms with van der Waals surface area (Å²) in [7, 11) is 1.35. The van der Waals surface area contributed by atoms with Crippen molar-refractivity contribution in [3.63, 3.8) is 0 Å².